The van der Waals surface area contributed by atoms with Gasteiger partial charge in [-0.15, -0.1) is 0 Å². The van der Waals surface area contributed by atoms with Gasteiger partial charge in [0.25, 0.3) is 0 Å². The molecule has 1 aromatic rings. The van der Waals surface area contributed by atoms with Gasteiger partial charge in [0, 0.05) is 25.8 Å². The molecule has 216 valence electrons. The first-order chi connectivity index (χ1) is 17.8. The first-order valence-electron chi connectivity index (χ1n) is 15.0. The first kappa shape index (κ1) is 34.3. The average molecular weight is 542 g/mol. The largest absolute Gasteiger partial charge is 1.00 e. The molecule has 1 aliphatic rings. The molecular weight excluding hydrogens is 486 g/mol. The zero-order valence-corrected chi connectivity index (χ0v) is 24.7. The summed E-state index contributed by atoms with van der Waals surface area (Å²) in [5.41, 5.74) is 0. The number of hydrogen-bond donors (Lipinski definition) is 0. The third-order valence-electron chi connectivity index (χ3n) is 7.71. The quantitative estimate of drug-likeness (QED) is 0.156. The Balaban J connectivity index is 0.00000684. The van der Waals surface area contributed by atoms with E-state index in [1.54, 1.807) is 7.11 Å². The van der Waals surface area contributed by atoms with Gasteiger partial charge in [0.05, 0.1) is 26.4 Å². The van der Waals surface area contributed by atoms with Gasteiger partial charge in [-0.1, -0.05) is 96.5 Å². The second-order valence-corrected chi connectivity index (χ2v) is 10.6. The first-order valence-corrected chi connectivity index (χ1v) is 15.0. The van der Waals surface area contributed by atoms with Crippen LogP contribution in [0.4, 0.5) is 0 Å². The number of nitrogens with zero attached hydrogens (tertiary/aromatic N) is 1. The van der Waals surface area contributed by atoms with Gasteiger partial charge >= 0.3 is 0 Å². The number of hydrogen-bond acceptors (Lipinski definition) is 4. The summed E-state index contributed by atoms with van der Waals surface area (Å²) >= 11 is 0. The van der Waals surface area contributed by atoms with E-state index in [4.69, 9.17) is 18.9 Å². The number of rotatable bonds is 23. The maximum atomic E-state index is 6.09. The third-order valence-corrected chi connectivity index (χ3v) is 7.71. The van der Waals surface area contributed by atoms with Crippen LogP contribution in [0.5, 0.6) is 0 Å². The second kappa shape index (κ2) is 24.3. The minimum absolute atomic E-state index is 0. The lowest BCUT2D eigenvalue weighted by Crippen LogP contribution is -3.00. The van der Waals surface area contributed by atoms with E-state index in [1.165, 1.54) is 89.9 Å². The molecule has 0 N–H and O–H groups in total. The van der Waals surface area contributed by atoms with Crippen molar-refractivity contribution in [3.8, 4) is 0 Å². The number of halogens is 1. The van der Waals surface area contributed by atoms with Gasteiger partial charge in [-0.25, -0.2) is 4.57 Å². The molecule has 2 atom stereocenters. The van der Waals surface area contributed by atoms with Crippen LogP contribution in [0.3, 0.4) is 0 Å². The maximum absolute atomic E-state index is 6.09. The summed E-state index contributed by atoms with van der Waals surface area (Å²) in [4.78, 5) is 0. The Labute approximate surface area is 234 Å². The van der Waals surface area contributed by atoms with Crippen LogP contribution in [0.1, 0.15) is 96.8 Å². The van der Waals surface area contributed by atoms with E-state index in [0.717, 1.165) is 25.0 Å². The fourth-order valence-corrected chi connectivity index (χ4v) is 5.41. The van der Waals surface area contributed by atoms with Crippen LogP contribution in [0.15, 0.2) is 30.6 Å². The van der Waals surface area contributed by atoms with Crippen molar-refractivity contribution in [1.29, 1.82) is 0 Å². The summed E-state index contributed by atoms with van der Waals surface area (Å²) in [6, 6.07) is 6.08. The predicted octanol–water partition coefficient (Wildman–Crippen LogP) is 3.77. The highest BCUT2D eigenvalue weighted by Gasteiger charge is 2.23. The summed E-state index contributed by atoms with van der Waals surface area (Å²) in [5, 5.41) is 0. The number of unbranched alkanes of at least 4 members (excludes halogenated alkanes) is 6. The Kier molecular flexibility index (Phi) is 22.6. The van der Waals surface area contributed by atoms with Gasteiger partial charge in [0.15, 0.2) is 18.9 Å². The summed E-state index contributed by atoms with van der Waals surface area (Å²) in [5.74, 6) is 1.76. The smallest absolute Gasteiger partial charge is 0.171 e. The normalized spacial score (nSPS) is 15.8. The molecule has 1 fully saturated rings. The molecule has 1 heterocycles. The monoisotopic (exact) mass is 541 g/mol. The van der Waals surface area contributed by atoms with E-state index in [-0.39, 0.29) is 18.5 Å². The highest BCUT2D eigenvalue weighted by Crippen LogP contribution is 2.34. The molecule has 1 aliphatic carbocycles. The fraction of sp³-hybridized carbons (Fsp3) is 0.839. The van der Waals surface area contributed by atoms with Crippen LogP contribution >= 0.6 is 0 Å². The predicted molar refractivity (Wildman–Crippen MR) is 147 cm³/mol. The van der Waals surface area contributed by atoms with Gasteiger partial charge in [-0.3, -0.25) is 0 Å². The number of methoxy groups -OCH3 is 1. The summed E-state index contributed by atoms with van der Waals surface area (Å²) in [6.07, 6.45) is 23.6. The minimum atomic E-state index is -0.0128. The van der Waals surface area contributed by atoms with Crippen molar-refractivity contribution >= 4 is 0 Å². The third kappa shape index (κ3) is 17.5. The molecule has 0 radical (unpaired) electrons. The van der Waals surface area contributed by atoms with Gasteiger partial charge in [0.2, 0.25) is 0 Å². The van der Waals surface area contributed by atoms with Crippen LogP contribution in [-0.2, 0) is 25.5 Å². The zero-order valence-electron chi connectivity index (χ0n) is 23.9. The summed E-state index contributed by atoms with van der Waals surface area (Å²) < 4.78 is 25.2. The van der Waals surface area contributed by atoms with Gasteiger partial charge in [-0.05, 0) is 18.3 Å². The van der Waals surface area contributed by atoms with Crippen molar-refractivity contribution in [3.63, 3.8) is 0 Å². The molecule has 37 heavy (non-hydrogen) atoms. The van der Waals surface area contributed by atoms with E-state index < -0.39 is 0 Å². The minimum Gasteiger partial charge on any atom is -1.00 e. The highest BCUT2D eigenvalue weighted by atomic mass is 35.5. The van der Waals surface area contributed by atoms with Gasteiger partial charge in [-0.2, -0.15) is 0 Å². The number of pyridine rings is 1. The van der Waals surface area contributed by atoms with E-state index in [2.05, 4.69) is 23.9 Å². The van der Waals surface area contributed by atoms with E-state index in [1.807, 2.05) is 18.2 Å². The zero-order chi connectivity index (χ0) is 25.5. The Morgan fingerprint density at radius 3 is 2.08 bits per heavy atom. The van der Waals surface area contributed by atoms with Gasteiger partial charge < -0.3 is 31.4 Å². The average Bonchev–Trinajstić information content (AvgIpc) is 2.93. The molecule has 5 nitrogen and oxygen atoms in total. The van der Waals surface area contributed by atoms with E-state index in [0.29, 0.717) is 33.0 Å². The van der Waals surface area contributed by atoms with Crippen LogP contribution in [-0.4, -0.2) is 52.9 Å². The molecule has 0 amide bonds. The molecule has 6 heteroatoms. The van der Waals surface area contributed by atoms with Crippen molar-refractivity contribution in [2.75, 3.05) is 46.8 Å². The highest BCUT2D eigenvalue weighted by molar-refractivity contribution is 4.83. The van der Waals surface area contributed by atoms with Crippen LogP contribution in [0, 0.1) is 11.8 Å². The molecule has 0 aromatic carbocycles. The Morgan fingerprint density at radius 1 is 0.730 bits per heavy atom. The lowest BCUT2D eigenvalue weighted by Gasteiger charge is -2.30. The lowest BCUT2D eigenvalue weighted by atomic mass is 9.76. The Hall–Kier alpha value is -0.720. The topological polar surface area (TPSA) is 40.8 Å². The number of ether oxygens (including phenoxy) is 4. The molecular formula is C31H56ClNO4. The maximum Gasteiger partial charge on any atom is 0.171 e. The van der Waals surface area contributed by atoms with Crippen molar-refractivity contribution in [1.82, 2.24) is 0 Å². The van der Waals surface area contributed by atoms with Crippen molar-refractivity contribution in [2.45, 2.75) is 109 Å². The van der Waals surface area contributed by atoms with Crippen LogP contribution < -0.4 is 17.0 Å². The SMILES string of the molecule is CCCCCCCCCC(CCOCC(COCCOCC[n+]1ccccc1)OC)C1CCCCC1.[Cl-]. The Bertz CT molecular complexity index is 600. The molecule has 0 bridgehead atoms. The number of aromatic nitrogens is 1. The molecule has 2 rings (SSSR count). The molecule has 1 aromatic heterocycles. The Morgan fingerprint density at radius 2 is 1.38 bits per heavy atom. The molecule has 1 saturated carbocycles. The molecule has 0 saturated heterocycles. The summed E-state index contributed by atoms with van der Waals surface area (Å²) in [6.45, 7) is 7.04. The van der Waals surface area contributed by atoms with Crippen LogP contribution in [0.2, 0.25) is 0 Å². The molecule has 0 spiro atoms. The molecule has 2 unspecified atom stereocenters. The van der Waals surface area contributed by atoms with Crippen LogP contribution in [0.25, 0.3) is 0 Å². The summed E-state index contributed by atoms with van der Waals surface area (Å²) in [7, 11) is 1.75. The lowest BCUT2D eigenvalue weighted by molar-refractivity contribution is -0.698. The fourth-order valence-electron chi connectivity index (χ4n) is 5.41. The van der Waals surface area contributed by atoms with Crippen molar-refractivity contribution < 1.29 is 35.9 Å². The molecule has 0 aliphatic heterocycles. The van der Waals surface area contributed by atoms with Gasteiger partial charge in [0.1, 0.15) is 12.7 Å². The van der Waals surface area contributed by atoms with E-state index in [9.17, 15) is 0 Å². The standard InChI is InChI=1S/C31H56NO4.ClH/c1-3-4-5-6-7-8-11-18-30(29-16-12-9-13-17-29)19-23-35-27-31(33-2)28-36-26-25-34-24-22-32-20-14-10-15-21-32;/h10,14-15,20-21,29-31H,3-9,11-13,16-19,22-28H2,1-2H3;1H/q+1;/p-1. The second-order valence-electron chi connectivity index (χ2n) is 10.6. The van der Waals surface area contributed by atoms with E-state index >= 15 is 0 Å². The van der Waals surface area contributed by atoms with Crippen molar-refractivity contribution in [3.05, 3.63) is 30.6 Å². The van der Waals surface area contributed by atoms with Crippen molar-refractivity contribution in [2.24, 2.45) is 11.8 Å².